The van der Waals surface area contributed by atoms with Crippen molar-refractivity contribution in [1.82, 2.24) is 0 Å². The zero-order chi connectivity index (χ0) is 16.7. The normalized spacial score (nSPS) is 13.5. The highest BCUT2D eigenvalue weighted by Gasteiger charge is 2.17. The minimum absolute atomic E-state index is 0.0738. The van der Waals surface area contributed by atoms with E-state index < -0.39 is 11.7 Å². The van der Waals surface area contributed by atoms with Gasteiger partial charge < -0.3 is 15.1 Å². The molecule has 7 heteroatoms. The van der Waals surface area contributed by atoms with Crippen LogP contribution in [-0.2, 0) is 4.79 Å². The standard InChI is InChI=1S/C17H11FN2O3S/c18-10-1-3-13-9(5-10)6-14(23-13)17(22)19-11-2-4-15-12(7-11)20-16(21)8-24-15/h1-7H,8H2,(H,19,22)(H,20,21). The molecule has 2 aromatic carbocycles. The van der Waals surface area contributed by atoms with Gasteiger partial charge in [0.15, 0.2) is 5.76 Å². The lowest BCUT2D eigenvalue weighted by atomic mass is 10.2. The third-order valence-electron chi connectivity index (χ3n) is 3.57. The van der Waals surface area contributed by atoms with Crippen molar-refractivity contribution in [2.45, 2.75) is 4.90 Å². The molecule has 0 fully saturated rings. The van der Waals surface area contributed by atoms with E-state index in [1.807, 2.05) is 6.07 Å². The van der Waals surface area contributed by atoms with Gasteiger partial charge >= 0.3 is 0 Å². The number of rotatable bonds is 2. The van der Waals surface area contributed by atoms with Crippen LogP contribution in [0.15, 0.2) is 51.8 Å². The van der Waals surface area contributed by atoms with Gasteiger partial charge in [-0.05, 0) is 42.5 Å². The first kappa shape index (κ1) is 14.8. The fraction of sp³-hybridized carbons (Fsp3) is 0.0588. The number of benzene rings is 2. The molecule has 0 saturated heterocycles. The molecule has 0 bridgehead atoms. The van der Waals surface area contributed by atoms with E-state index in [9.17, 15) is 14.0 Å². The van der Waals surface area contributed by atoms with Crippen molar-refractivity contribution in [2.24, 2.45) is 0 Å². The fourth-order valence-corrected chi connectivity index (χ4v) is 3.27. The molecule has 2 heterocycles. The molecule has 4 rings (SSSR count). The van der Waals surface area contributed by atoms with Crippen LogP contribution in [0.25, 0.3) is 11.0 Å². The van der Waals surface area contributed by atoms with Crippen molar-refractivity contribution >= 4 is 45.9 Å². The third-order valence-corrected chi connectivity index (χ3v) is 4.65. The maximum Gasteiger partial charge on any atom is 0.291 e. The Morgan fingerprint density at radius 2 is 2.08 bits per heavy atom. The molecule has 5 nitrogen and oxygen atoms in total. The molecular weight excluding hydrogens is 331 g/mol. The average Bonchev–Trinajstić information content (AvgIpc) is 2.97. The molecule has 120 valence electrons. The summed E-state index contributed by atoms with van der Waals surface area (Å²) in [6, 6.07) is 10.8. The first-order valence-corrected chi connectivity index (χ1v) is 8.14. The molecule has 0 atom stereocenters. The Labute approximate surface area is 140 Å². The molecule has 1 aliphatic rings. The summed E-state index contributed by atoms with van der Waals surface area (Å²) in [4.78, 5) is 24.7. The van der Waals surface area contributed by atoms with Crippen molar-refractivity contribution < 1.29 is 18.4 Å². The zero-order valence-electron chi connectivity index (χ0n) is 12.3. The molecule has 2 N–H and O–H groups in total. The van der Waals surface area contributed by atoms with Crippen LogP contribution in [0.2, 0.25) is 0 Å². The lowest BCUT2D eigenvalue weighted by Gasteiger charge is -2.17. The smallest absolute Gasteiger partial charge is 0.291 e. The first-order valence-electron chi connectivity index (χ1n) is 7.16. The number of carbonyl (C=O) groups is 2. The number of nitrogens with one attached hydrogen (secondary N) is 2. The Morgan fingerprint density at radius 3 is 2.96 bits per heavy atom. The van der Waals surface area contributed by atoms with Gasteiger partial charge in [0.05, 0.1) is 11.4 Å². The lowest BCUT2D eigenvalue weighted by molar-refractivity contribution is -0.113. The summed E-state index contributed by atoms with van der Waals surface area (Å²) in [7, 11) is 0. The fourth-order valence-electron chi connectivity index (χ4n) is 2.48. The van der Waals surface area contributed by atoms with Crippen LogP contribution in [0.1, 0.15) is 10.6 Å². The van der Waals surface area contributed by atoms with E-state index in [1.165, 1.54) is 36.0 Å². The number of halogens is 1. The van der Waals surface area contributed by atoms with E-state index in [4.69, 9.17) is 4.42 Å². The van der Waals surface area contributed by atoms with E-state index in [-0.39, 0.29) is 11.7 Å². The summed E-state index contributed by atoms with van der Waals surface area (Å²) in [6.07, 6.45) is 0. The quantitative estimate of drug-likeness (QED) is 0.742. The number of hydrogen-bond acceptors (Lipinski definition) is 4. The second-order valence-electron chi connectivity index (χ2n) is 5.29. The van der Waals surface area contributed by atoms with Gasteiger partial charge in [0.1, 0.15) is 11.4 Å². The minimum Gasteiger partial charge on any atom is -0.451 e. The molecule has 0 radical (unpaired) electrons. The predicted molar refractivity (Wildman–Crippen MR) is 89.9 cm³/mol. The number of fused-ring (bicyclic) bond motifs is 2. The molecule has 0 unspecified atom stereocenters. The van der Waals surface area contributed by atoms with Crippen LogP contribution in [0.3, 0.4) is 0 Å². The Kier molecular flexibility index (Phi) is 3.50. The molecule has 1 aliphatic heterocycles. The maximum absolute atomic E-state index is 13.2. The summed E-state index contributed by atoms with van der Waals surface area (Å²) >= 11 is 1.45. The summed E-state index contributed by atoms with van der Waals surface area (Å²) in [5, 5.41) is 6.00. The number of carbonyl (C=O) groups excluding carboxylic acids is 2. The number of hydrogen-bond donors (Lipinski definition) is 2. The van der Waals surface area contributed by atoms with Crippen molar-refractivity contribution in [2.75, 3.05) is 16.4 Å². The number of anilines is 2. The molecule has 0 aliphatic carbocycles. The first-order chi connectivity index (χ1) is 11.6. The van der Waals surface area contributed by atoms with Gasteiger partial charge in [0.2, 0.25) is 5.91 Å². The summed E-state index contributed by atoms with van der Waals surface area (Å²) < 4.78 is 18.6. The average molecular weight is 342 g/mol. The topological polar surface area (TPSA) is 71.3 Å². The summed E-state index contributed by atoms with van der Waals surface area (Å²) in [6.45, 7) is 0. The van der Waals surface area contributed by atoms with Gasteiger partial charge in [0, 0.05) is 16.0 Å². The van der Waals surface area contributed by atoms with Crippen LogP contribution in [0.5, 0.6) is 0 Å². The molecule has 24 heavy (non-hydrogen) atoms. The number of thioether (sulfide) groups is 1. The molecule has 0 spiro atoms. The van der Waals surface area contributed by atoms with Crippen molar-refractivity contribution in [1.29, 1.82) is 0 Å². The summed E-state index contributed by atoms with van der Waals surface area (Å²) in [5.41, 5.74) is 1.64. The third kappa shape index (κ3) is 2.74. The summed E-state index contributed by atoms with van der Waals surface area (Å²) in [5.74, 6) is -0.435. The highest BCUT2D eigenvalue weighted by molar-refractivity contribution is 8.00. The second-order valence-corrected chi connectivity index (χ2v) is 6.31. The van der Waals surface area contributed by atoms with Crippen molar-refractivity contribution in [3.05, 3.63) is 54.0 Å². The van der Waals surface area contributed by atoms with Crippen molar-refractivity contribution in [3.8, 4) is 0 Å². The highest BCUT2D eigenvalue weighted by Crippen LogP contribution is 2.33. The Balaban J connectivity index is 1.59. The van der Waals surface area contributed by atoms with Crippen LogP contribution < -0.4 is 10.6 Å². The van der Waals surface area contributed by atoms with Crippen LogP contribution in [0.4, 0.5) is 15.8 Å². The highest BCUT2D eigenvalue weighted by atomic mass is 32.2. The van der Waals surface area contributed by atoms with Gasteiger partial charge in [-0.25, -0.2) is 4.39 Å². The van der Waals surface area contributed by atoms with E-state index in [0.29, 0.717) is 28.1 Å². The van der Waals surface area contributed by atoms with Gasteiger partial charge in [0.25, 0.3) is 5.91 Å². The Bertz CT molecular complexity index is 983. The van der Waals surface area contributed by atoms with Gasteiger partial charge in [-0.1, -0.05) is 0 Å². The van der Waals surface area contributed by atoms with E-state index >= 15 is 0 Å². The molecule has 0 saturated carbocycles. The van der Waals surface area contributed by atoms with Gasteiger partial charge in [-0.15, -0.1) is 11.8 Å². The predicted octanol–water partition coefficient (Wildman–Crippen LogP) is 3.87. The second kappa shape index (κ2) is 5.68. The van der Waals surface area contributed by atoms with Gasteiger partial charge in [-0.2, -0.15) is 0 Å². The number of furan rings is 1. The molecule has 2 amide bonds. The molecular formula is C17H11FN2O3S. The maximum atomic E-state index is 13.2. The Hall–Kier alpha value is -2.80. The largest absolute Gasteiger partial charge is 0.451 e. The minimum atomic E-state index is -0.443. The van der Waals surface area contributed by atoms with E-state index in [0.717, 1.165) is 4.90 Å². The van der Waals surface area contributed by atoms with Gasteiger partial charge in [-0.3, -0.25) is 9.59 Å². The van der Waals surface area contributed by atoms with Crippen LogP contribution >= 0.6 is 11.8 Å². The molecule has 3 aromatic rings. The lowest BCUT2D eigenvalue weighted by Crippen LogP contribution is -2.19. The van der Waals surface area contributed by atoms with Crippen LogP contribution in [-0.4, -0.2) is 17.6 Å². The van der Waals surface area contributed by atoms with E-state index in [2.05, 4.69) is 10.6 Å². The SMILES string of the molecule is O=C1CSc2ccc(NC(=O)c3cc4cc(F)ccc4o3)cc2N1. The van der Waals surface area contributed by atoms with E-state index in [1.54, 1.807) is 12.1 Å². The monoisotopic (exact) mass is 342 g/mol. The zero-order valence-corrected chi connectivity index (χ0v) is 13.1. The number of amides is 2. The van der Waals surface area contributed by atoms with Crippen molar-refractivity contribution in [3.63, 3.8) is 0 Å². The van der Waals surface area contributed by atoms with Crippen LogP contribution in [0, 0.1) is 5.82 Å². The Morgan fingerprint density at radius 1 is 1.21 bits per heavy atom. The molecule has 1 aromatic heterocycles.